The van der Waals surface area contributed by atoms with Gasteiger partial charge in [-0.1, -0.05) is 6.92 Å². The Balaban J connectivity index is 1.90. The number of rotatable bonds is 5. The van der Waals surface area contributed by atoms with Crippen molar-refractivity contribution in [1.82, 2.24) is 4.90 Å². The summed E-state index contributed by atoms with van der Waals surface area (Å²) in [6.07, 6.45) is 3.96. The minimum atomic E-state index is -0.654. The second-order valence-corrected chi connectivity index (χ2v) is 5.53. The molecule has 2 rings (SSSR count). The summed E-state index contributed by atoms with van der Waals surface area (Å²) in [6, 6.07) is 5.32. The number of piperidine rings is 1. The summed E-state index contributed by atoms with van der Waals surface area (Å²) in [7, 11) is 0. The quantitative estimate of drug-likeness (QED) is 0.472. The first kappa shape index (κ1) is 16.9. The molecular weight excluding hydrogens is 300 g/mol. The number of ether oxygens (including phenoxy) is 1. The third-order valence-corrected chi connectivity index (χ3v) is 4.06. The molecule has 1 saturated heterocycles. The fourth-order valence-electron chi connectivity index (χ4n) is 2.77. The summed E-state index contributed by atoms with van der Waals surface area (Å²) >= 11 is 0. The van der Waals surface area contributed by atoms with Crippen LogP contribution >= 0.6 is 0 Å². The molecule has 0 saturated carbocycles. The molecule has 0 spiro atoms. The van der Waals surface area contributed by atoms with Gasteiger partial charge in [0.15, 0.2) is 6.61 Å². The number of hydrogen-bond donors (Lipinski definition) is 0. The van der Waals surface area contributed by atoms with E-state index >= 15 is 0 Å². The molecule has 1 aliphatic heterocycles. The van der Waals surface area contributed by atoms with Crippen LogP contribution in [0.15, 0.2) is 24.3 Å². The lowest BCUT2D eigenvalue weighted by atomic mass is 10.00. The minimum Gasteiger partial charge on any atom is -0.452 e. The molecule has 23 heavy (non-hydrogen) atoms. The highest BCUT2D eigenvalue weighted by Crippen LogP contribution is 2.19. The Hall–Kier alpha value is -2.44. The molecule has 1 amide bonds. The molecule has 0 bridgehead atoms. The lowest BCUT2D eigenvalue weighted by Crippen LogP contribution is -2.45. The van der Waals surface area contributed by atoms with Crippen LogP contribution in [0.25, 0.3) is 0 Å². The number of non-ortho nitro benzene ring substituents is 1. The Kier molecular flexibility index (Phi) is 5.67. The standard InChI is InChI=1S/C16H20N2O5/c1-2-13-5-3-4-10-17(13)15(19)11-23-16(20)12-6-8-14(9-7-12)18(21)22/h6-9,13H,2-5,10-11H2,1H3/t13-/m1/s1. The first-order valence-electron chi connectivity index (χ1n) is 7.74. The molecule has 1 aromatic rings. The van der Waals surface area contributed by atoms with E-state index in [1.54, 1.807) is 4.90 Å². The van der Waals surface area contributed by atoms with E-state index in [9.17, 15) is 19.7 Å². The molecule has 1 atom stereocenters. The van der Waals surface area contributed by atoms with Crippen molar-refractivity contribution >= 4 is 17.6 Å². The molecule has 1 fully saturated rings. The molecule has 7 nitrogen and oxygen atoms in total. The van der Waals surface area contributed by atoms with Gasteiger partial charge in [0, 0.05) is 24.7 Å². The lowest BCUT2D eigenvalue weighted by Gasteiger charge is -2.35. The van der Waals surface area contributed by atoms with Gasteiger partial charge < -0.3 is 9.64 Å². The van der Waals surface area contributed by atoms with Crippen molar-refractivity contribution in [3.05, 3.63) is 39.9 Å². The molecule has 1 aromatic carbocycles. The smallest absolute Gasteiger partial charge is 0.338 e. The van der Waals surface area contributed by atoms with Crippen LogP contribution in [0, 0.1) is 10.1 Å². The number of carbonyl (C=O) groups is 2. The van der Waals surface area contributed by atoms with Gasteiger partial charge in [-0.05, 0) is 37.8 Å². The third kappa shape index (κ3) is 4.28. The maximum atomic E-state index is 12.2. The number of benzene rings is 1. The van der Waals surface area contributed by atoms with E-state index in [-0.39, 0.29) is 29.8 Å². The monoisotopic (exact) mass is 320 g/mol. The zero-order chi connectivity index (χ0) is 16.8. The first-order valence-corrected chi connectivity index (χ1v) is 7.74. The van der Waals surface area contributed by atoms with Crippen LogP contribution in [0.3, 0.4) is 0 Å². The Morgan fingerprint density at radius 2 is 2.00 bits per heavy atom. The van der Waals surface area contributed by atoms with Crippen molar-refractivity contribution in [2.75, 3.05) is 13.2 Å². The molecule has 1 heterocycles. The highest BCUT2D eigenvalue weighted by molar-refractivity contribution is 5.91. The van der Waals surface area contributed by atoms with Gasteiger partial charge >= 0.3 is 5.97 Å². The lowest BCUT2D eigenvalue weighted by molar-refractivity contribution is -0.384. The Morgan fingerprint density at radius 1 is 1.30 bits per heavy atom. The van der Waals surface area contributed by atoms with Gasteiger partial charge in [0.2, 0.25) is 0 Å². The molecule has 0 unspecified atom stereocenters. The maximum Gasteiger partial charge on any atom is 0.338 e. The van der Waals surface area contributed by atoms with Gasteiger partial charge in [-0.2, -0.15) is 0 Å². The van der Waals surface area contributed by atoms with Gasteiger partial charge in [-0.25, -0.2) is 4.79 Å². The summed E-state index contributed by atoms with van der Waals surface area (Å²) in [5.41, 5.74) is 0.0887. The molecule has 0 N–H and O–H groups in total. The van der Waals surface area contributed by atoms with E-state index in [0.29, 0.717) is 6.54 Å². The number of nitro benzene ring substituents is 1. The van der Waals surface area contributed by atoms with E-state index < -0.39 is 10.9 Å². The van der Waals surface area contributed by atoms with E-state index in [1.807, 2.05) is 6.92 Å². The van der Waals surface area contributed by atoms with Gasteiger partial charge in [0.1, 0.15) is 0 Å². The summed E-state index contributed by atoms with van der Waals surface area (Å²) in [6.45, 7) is 2.44. The van der Waals surface area contributed by atoms with Crippen molar-refractivity contribution in [3.8, 4) is 0 Å². The van der Waals surface area contributed by atoms with Crippen molar-refractivity contribution in [2.45, 2.75) is 38.6 Å². The van der Waals surface area contributed by atoms with E-state index in [1.165, 1.54) is 24.3 Å². The average molecular weight is 320 g/mol. The Morgan fingerprint density at radius 3 is 2.61 bits per heavy atom. The number of hydrogen-bond acceptors (Lipinski definition) is 5. The predicted octanol–water partition coefficient (Wildman–Crippen LogP) is 2.54. The van der Waals surface area contributed by atoms with Crippen LogP contribution in [0.5, 0.6) is 0 Å². The normalized spacial score (nSPS) is 17.6. The number of nitrogens with zero attached hydrogens (tertiary/aromatic N) is 2. The van der Waals surface area contributed by atoms with E-state index in [4.69, 9.17) is 4.74 Å². The summed E-state index contributed by atoms with van der Waals surface area (Å²) in [4.78, 5) is 35.9. The van der Waals surface area contributed by atoms with Crippen molar-refractivity contribution in [2.24, 2.45) is 0 Å². The van der Waals surface area contributed by atoms with Crippen LogP contribution < -0.4 is 0 Å². The maximum absolute atomic E-state index is 12.2. The van der Waals surface area contributed by atoms with Crippen molar-refractivity contribution < 1.29 is 19.2 Å². The van der Waals surface area contributed by atoms with Crippen molar-refractivity contribution in [1.29, 1.82) is 0 Å². The SMILES string of the molecule is CC[C@@H]1CCCCN1C(=O)COC(=O)c1ccc([N+](=O)[O-])cc1. The van der Waals surface area contributed by atoms with Crippen LogP contribution in [-0.4, -0.2) is 40.9 Å². The van der Waals surface area contributed by atoms with Gasteiger partial charge in [-0.15, -0.1) is 0 Å². The molecule has 1 aliphatic rings. The topological polar surface area (TPSA) is 89.8 Å². The van der Waals surface area contributed by atoms with Crippen LogP contribution in [0.4, 0.5) is 5.69 Å². The second kappa shape index (κ2) is 7.71. The molecular formula is C16H20N2O5. The molecule has 0 radical (unpaired) electrons. The minimum absolute atomic E-state index is 0.100. The fourth-order valence-corrected chi connectivity index (χ4v) is 2.77. The predicted molar refractivity (Wildman–Crippen MR) is 83.0 cm³/mol. The molecule has 124 valence electrons. The largest absolute Gasteiger partial charge is 0.452 e. The number of amides is 1. The summed E-state index contributed by atoms with van der Waals surface area (Å²) < 4.78 is 5.04. The zero-order valence-electron chi connectivity index (χ0n) is 13.1. The number of likely N-dealkylation sites (tertiary alicyclic amines) is 1. The van der Waals surface area contributed by atoms with Gasteiger partial charge in [0.05, 0.1) is 10.5 Å². The van der Waals surface area contributed by atoms with E-state index in [2.05, 4.69) is 0 Å². The number of nitro groups is 1. The molecule has 0 aromatic heterocycles. The van der Waals surface area contributed by atoms with Gasteiger partial charge in [0.25, 0.3) is 11.6 Å². The van der Waals surface area contributed by atoms with Gasteiger partial charge in [-0.3, -0.25) is 14.9 Å². The Labute approximate surface area is 134 Å². The van der Waals surface area contributed by atoms with Crippen LogP contribution in [0.2, 0.25) is 0 Å². The summed E-state index contributed by atoms with van der Waals surface area (Å²) in [5.74, 6) is -0.842. The van der Waals surface area contributed by atoms with Crippen LogP contribution in [0.1, 0.15) is 43.0 Å². The molecule has 0 aliphatic carbocycles. The second-order valence-electron chi connectivity index (χ2n) is 5.53. The molecule has 7 heteroatoms. The summed E-state index contributed by atoms with van der Waals surface area (Å²) in [5, 5.41) is 10.6. The van der Waals surface area contributed by atoms with Crippen LogP contribution in [-0.2, 0) is 9.53 Å². The average Bonchev–Trinajstić information content (AvgIpc) is 2.59. The fraction of sp³-hybridized carbons (Fsp3) is 0.500. The van der Waals surface area contributed by atoms with Crippen molar-refractivity contribution in [3.63, 3.8) is 0 Å². The number of carbonyl (C=O) groups excluding carboxylic acids is 2. The highest BCUT2D eigenvalue weighted by Gasteiger charge is 2.26. The Bertz CT molecular complexity index is 585. The number of esters is 1. The highest BCUT2D eigenvalue weighted by atomic mass is 16.6. The zero-order valence-corrected chi connectivity index (χ0v) is 13.1. The van der Waals surface area contributed by atoms with E-state index in [0.717, 1.165) is 25.7 Å². The third-order valence-electron chi connectivity index (χ3n) is 4.06. The first-order chi connectivity index (χ1) is 11.0.